The van der Waals surface area contributed by atoms with Crippen LogP contribution in [-0.4, -0.2) is 37.8 Å². The Morgan fingerprint density at radius 1 is 1.10 bits per heavy atom. The van der Waals surface area contributed by atoms with Crippen LogP contribution in [0, 0.1) is 0 Å². The van der Waals surface area contributed by atoms with Crippen molar-refractivity contribution in [2.75, 3.05) is 37.0 Å². The molecule has 0 spiro atoms. The lowest BCUT2D eigenvalue weighted by Gasteiger charge is -2.21. The van der Waals surface area contributed by atoms with Crippen LogP contribution in [0.3, 0.4) is 0 Å². The molecule has 0 aliphatic carbocycles. The molecular formula is C22H30N4O3. The summed E-state index contributed by atoms with van der Waals surface area (Å²) in [5.41, 5.74) is 1.60. The van der Waals surface area contributed by atoms with Gasteiger partial charge in [0.25, 0.3) is 0 Å². The van der Waals surface area contributed by atoms with Crippen LogP contribution in [0.1, 0.15) is 38.2 Å². The Balaban J connectivity index is 1.52. The van der Waals surface area contributed by atoms with Gasteiger partial charge in [-0.1, -0.05) is 18.9 Å². The maximum absolute atomic E-state index is 12.2. The molecule has 7 nitrogen and oxygen atoms in total. The number of hydrogen-bond acceptors (Lipinski definition) is 5. The van der Waals surface area contributed by atoms with Gasteiger partial charge in [-0.05, 0) is 43.5 Å². The highest BCUT2D eigenvalue weighted by Crippen LogP contribution is 2.30. The summed E-state index contributed by atoms with van der Waals surface area (Å²) in [5, 5.41) is 5.68. The first kappa shape index (κ1) is 20.8. The van der Waals surface area contributed by atoms with E-state index in [9.17, 15) is 4.79 Å². The minimum atomic E-state index is -0.283. The number of nitrogens with one attached hydrogen (secondary N) is 2. The lowest BCUT2D eigenvalue weighted by Crippen LogP contribution is -2.28. The number of pyridine rings is 1. The number of methoxy groups -OCH3 is 1. The first-order valence-corrected chi connectivity index (χ1v) is 10.2. The number of anilines is 2. The Morgan fingerprint density at radius 3 is 2.55 bits per heavy atom. The van der Waals surface area contributed by atoms with E-state index in [-0.39, 0.29) is 6.03 Å². The van der Waals surface area contributed by atoms with E-state index < -0.39 is 0 Å². The highest BCUT2D eigenvalue weighted by Gasteiger charge is 2.11. The molecule has 1 aromatic heterocycles. The number of rotatable bonds is 7. The summed E-state index contributed by atoms with van der Waals surface area (Å²) < 4.78 is 10.8. The van der Waals surface area contributed by atoms with E-state index >= 15 is 0 Å². The predicted octanol–water partition coefficient (Wildman–Crippen LogP) is 4.19. The molecule has 2 heterocycles. The molecule has 0 radical (unpaired) electrons. The summed E-state index contributed by atoms with van der Waals surface area (Å²) in [6.45, 7) is 4.97. The third kappa shape index (κ3) is 6.01. The normalized spacial score (nSPS) is 14.1. The van der Waals surface area contributed by atoms with Crippen molar-refractivity contribution in [2.45, 2.75) is 39.2 Å². The molecule has 1 saturated heterocycles. The number of ether oxygens (including phenoxy) is 2. The van der Waals surface area contributed by atoms with E-state index in [1.807, 2.05) is 25.3 Å². The minimum absolute atomic E-state index is 0.283. The number of hydrogen-bond donors (Lipinski definition) is 2. The summed E-state index contributed by atoms with van der Waals surface area (Å²) in [5.74, 6) is 2.25. The third-order valence-corrected chi connectivity index (χ3v) is 4.91. The van der Waals surface area contributed by atoms with Gasteiger partial charge in [-0.3, -0.25) is 0 Å². The van der Waals surface area contributed by atoms with Crippen molar-refractivity contribution >= 4 is 17.5 Å². The van der Waals surface area contributed by atoms with Gasteiger partial charge in [-0.25, -0.2) is 9.78 Å². The highest BCUT2D eigenvalue weighted by molar-refractivity contribution is 5.89. The molecule has 2 aromatic rings. The summed E-state index contributed by atoms with van der Waals surface area (Å²) in [6, 6.07) is 9.07. The first-order valence-electron chi connectivity index (χ1n) is 10.2. The summed E-state index contributed by atoms with van der Waals surface area (Å²) >= 11 is 0. The van der Waals surface area contributed by atoms with E-state index in [1.54, 1.807) is 25.3 Å². The molecule has 29 heavy (non-hydrogen) atoms. The lowest BCUT2D eigenvalue weighted by atomic mass is 10.2. The number of aromatic nitrogens is 1. The lowest BCUT2D eigenvalue weighted by molar-refractivity contribution is 0.251. The van der Waals surface area contributed by atoms with Gasteiger partial charge in [0.2, 0.25) is 0 Å². The maximum Gasteiger partial charge on any atom is 0.319 e. The first-order chi connectivity index (χ1) is 14.2. The molecule has 0 unspecified atom stereocenters. The van der Waals surface area contributed by atoms with Crippen molar-refractivity contribution in [1.82, 2.24) is 10.3 Å². The van der Waals surface area contributed by atoms with Gasteiger partial charge in [-0.2, -0.15) is 0 Å². The van der Waals surface area contributed by atoms with E-state index in [0.717, 1.165) is 24.5 Å². The Kier molecular flexibility index (Phi) is 7.55. The summed E-state index contributed by atoms with van der Waals surface area (Å²) in [7, 11) is 1.59. The van der Waals surface area contributed by atoms with Crippen molar-refractivity contribution in [3.63, 3.8) is 0 Å². The third-order valence-electron chi connectivity index (χ3n) is 4.91. The largest absolute Gasteiger partial charge is 0.493 e. The van der Waals surface area contributed by atoms with Gasteiger partial charge in [0, 0.05) is 37.6 Å². The van der Waals surface area contributed by atoms with Crippen molar-refractivity contribution < 1.29 is 14.3 Å². The topological polar surface area (TPSA) is 75.7 Å². The molecule has 1 aliphatic rings. The van der Waals surface area contributed by atoms with Gasteiger partial charge < -0.3 is 25.0 Å². The number of urea groups is 1. The van der Waals surface area contributed by atoms with Gasteiger partial charge in [0.1, 0.15) is 5.82 Å². The van der Waals surface area contributed by atoms with Crippen LogP contribution in [0.2, 0.25) is 0 Å². The molecule has 156 valence electrons. The second kappa shape index (κ2) is 10.5. The number of benzene rings is 1. The van der Waals surface area contributed by atoms with Crippen molar-refractivity contribution in [1.29, 1.82) is 0 Å². The zero-order valence-electron chi connectivity index (χ0n) is 17.2. The molecule has 1 aromatic carbocycles. The van der Waals surface area contributed by atoms with Crippen molar-refractivity contribution in [2.24, 2.45) is 0 Å². The molecule has 2 N–H and O–H groups in total. The molecular weight excluding hydrogens is 368 g/mol. The maximum atomic E-state index is 12.2. The molecule has 2 amide bonds. The second-order valence-electron chi connectivity index (χ2n) is 7.03. The van der Waals surface area contributed by atoms with Crippen LogP contribution in [0.25, 0.3) is 0 Å². The highest BCUT2D eigenvalue weighted by atomic mass is 16.5. The number of nitrogens with zero attached hydrogens (tertiary/aromatic N) is 2. The Morgan fingerprint density at radius 2 is 1.90 bits per heavy atom. The predicted molar refractivity (Wildman–Crippen MR) is 115 cm³/mol. The molecule has 0 bridgehead atoms. The fourth-order valence-electron chi connectivity index (χ4n) is 3.39. The standard InChI is InChI=1S/C22H30N4O3/c1-3-29-20-14-18(9-10-19(20)28-2)25-22(27)24-16-17-8-11-21(23-15-17)26-12-6-4-5-7-13-26/h8-11,14-15H,3-7,12-13,16H2,1-2H3,(H2,24,25,27). The van der Waals surface area contributed by atoms with E-state index in [0.29, 0.717) is 30.3 Å². The quantitative estimate of drug-likeness (QED) is 0.731. The van der Waals surface area contributed by atoms with Crippen LogP contribution < -0.4 is 25.0 Å². The van der Waals surface area contributed by atoms with Gasteiger partial charge >= 0.3 is 6.03 Å². The van der Waals surface area contributed by atoms with Gasteiger partial charge in [0.05, 0.1) is 13.7 Å². The van der Waals surface area contributed by atoms with E-state index in [2.05, 4.69) is 20.5 Å². The zero-order valence-corrected chi connectivity index (χ0v) is 17.2. The second-order valence-corrected chi connectivity index (χ2v) is 7.03. The molecule has 3 rings (SSSR count). The van der Waals surface area contributed by atoms with Crippen LogP contribution in [0.15, 0.2) is 36.5 Å². The van der Waals surface area contributed by atoms with Crippen LogP contribution in [-0.2, 0) is 6.54 Å². The molecule has 1 aliphatic heterocycles. The summed E-state index contributed by atoms with van der Waals surface area (Å²) in [6.07, 6.45) is 6.88. The fraction of sp³-hybridized carbons (Fsp3) is 0.455. The number of carbonyl (C=O) groups excluding carboxylic acids is 1. The SMILES string of the molecule is CCOc1cc(NC(=O)NCc2ccc(N3CCCCCC3)nc2)ccc1OC. The van der Waals surface area contributed by atoms with Crippen LogP contribution in [0.5, 0.6) is 11.5 Å². The number of carbonyl (C=O) groups is 1. The van der Waals surface area contributed by atoms with Gasteiger partial charge in [-0.15, -0.1) is 0 Å². The van der Waals surface area contributed by atoms with Gasteiger partial charge in [0.15, 0.2) is 11.5 Å². The Labute approximate surface area is 172 Å². The Hall–Kier alpha value is -2.96. The monoisotopic (exact) mass is 398 g/mol. The molecule has 1 fully saturated rings. The molecule has 0 saturated carbocycles. The van der Waals surface area contributed by atoms with Crippen LogP contribution >= 0.6 is 0 Å². The average Bonchev–Trinajstić information content (AvgIpc) is 3.03. The van der Waals surface area contributed by atoms with Crippen molar-refractivity contribution in [3.8, 4) is 11.5 Å². The van der Waals surface area contributed by atoms with Crippen LogP contribution in [0.4, 0.5) is 16.3 Å². The average molecular weight is 399 g/mol. The summed E-state index contributed by atoms with van der Waals surface area (Å²) in [4.78, 5) is 19.2. The minimum Gasteiger partial charge on any atom is -0.493 e. The smallest absolute Gasteiger partial charge is 0.319 e. The molecule has 7 heteroatoms. The van der Waals surface area contributed by atoms with Crippen molar-refractivity contribution in [3.05, 3.63) is 42.1 Å². The van der Waals surface area contributed by atoms with E-state index in [1.165, 1.54) is 25.7 Å². The fourth-order valence-corrected chi connectivity index (χ4v) is 3.39. The molecule has 0 atom stereocenters. The number of amides is 2. The zero-order chi connectivity index (χ0) is 20.5. The Bertz CT molecular complexity index is 787. The van der Waals surface area contributed by atoms with E-state index in [4.69, 9.17) is 9.47 Å².